The maximum atomic E-state index is 12.8. The van der Waals surface area contributed by atoms with Crippen LogP contribution in [0.25, 0.3) is 0 Å². The van der Waals surface area contributed by atoms with Crippen LogP contribution in [0, 0.1) is 0 Å². The minimum Gasteiger partial charge on any atom is -0.294 e. The zero-order valence-corrected chi connectivity index (χ0v) is 10.1. The van der Waals surface area contributed by atoms with Gasteiger partial charge < -0.3 is 0 Å². The lowest BCUT2D eigenvalue weighted by Gasteiger charge is -2.15. The van der Waals surface area contributed by atoms with E-state index in [1.54, 1.807) is 0 Å². The number of hydrogen-bond donors (Lipinski definition) is 0. The molecule has 0 radical (unpaired) electrons. The van der Waals surface area contributed by atoms with E-state index in [1.807, 2.05) is 0 Å². The van der Waals surface area contributed by atoms with Crippen molar-refractivity contribution in [1.82, 2.24) is 0 Å². The van der Waals surface area contributed by atoms with Crippen LogP contribution in [-0.4, -0.2) is 5.78 Å². The van der Waals surface area contributed by atoms with Crippen LogP contribution in [-0.2, 0) is 12.4 Å². The van der Waals surface area contributed by atoms with Gasteiger partial charge in [-0.25, -0.2) is 0 Å². The number of ketones is 1. The van der Waals surface area contributed by atoms with Crippen molar-refractivity contribution in [3.8, 4) is 0 Å². The van der Waals surface area contributed by atoms with E-state index in [9.17, 15) is 31.1 Å². The summed E-state index contributed by atoms with van der Waals surface area (Å²) < 4.78 is 75.6. The van der Waals surface area contributed by atoms with E-state index in [1.165, 1.54) is 6.08 Å². The van der Waals surface area contributed by atoms with Crippen LogP contribution in [0.5, 0.6) is 0 Å². The number of Topliss-reactive ketones (excluding diaryl/α,β-unsaturated/α-hetero) is 1. The molecule has 0 saturated carbocycles. The molecule has 0 atom stereocenters. The highest BCUT2D eigenvalue weighted by atomic mass is 19.4. The monoisotopic (exact) mass is 296 g/mol. The molecule has 0 amide bonds. The van der Waals surface area contributed by atoms with Crippen molar-refractivity contribution in [3.05, 3.63) is 47.5 Å². The van der Waals surface area contributed by atoms with E-state index in [0.717, 1.165) is 0 Å². The second-order valence-corrected chi connectivity index (χ2v) is 4.01. The lowest BCUT2D eigenvalue weighted by Crippen LogP contribution is -2.16. The number of benzene rings is 1. The van der Waals surface area contributed by atoms with E-state index in [2.05, 4.69) is 6.58 Å². The molecule has 7 heteroatoms. The number of alkyl halides is 6. The van der Waals surface area contributed by atoms with Gasteiger partial charge in [-0.05, 0) is 18.6 Å². The first-order valence-corrected chi connectivity index (χ1v) is 5.50. The third kappa shape index (κ3) is 3.85. The Hall–Kier alpha value is -1.79. The average Bonchev–Trinajstić information content (AvgIpc) is 2.33. The van der Waals surface area contributed by atoms with E-state index in [4.69, 9.17) is 0 Å². The molecule has 0 saturated heterocycles. The van der Waals surface area contributed by atoms with Crippen LogP contribution in [0.4, 0.5) is 26.3 Å². The van der Waals surface area contributed by atoms with Crippen molar-refractivity contribution in [2.75, 3.05) is 0 Å². The lowest BCUT2D eigenvalue weighted by molar-refractivity contribution is -0.143. The Kier molecular flexibility index (Phi) is 4.62. The van der Waals surface area contributed by atoms with Crippen molar-refractivity contribution in [1.29, 1.82) is 0 Å². The van der Waals surface area contributed by atoms with E-state index >= 15 is 0 Å². The number of allylic oxidation sites excluding steroid dienone is 1. The fourth-order valence-corrected chi connectivity index (χ4v) is 1.57. The highest BCUT2D eigenvalue weighted by Gasteiger charge is 2.39. The van der Waals surface area contributed by atoms with Crippen LogP contribution in [0.3, 0.4) is 0 Å². The van der Waals surface area contributed by atoms with Gasteiger partial charge in [0.05, 0.1) is 11.1 Å². The van der Waals surface area contributed by atoms with E-state index < -0.39 is 34.8 Å². The maximum Gasteiger partial charge on any atom is 0.417 e. The SMILES string of the molecule is C=CCCC(=O)c1ccc(C(F)(F)F)cc1C(F)(F)F. The molecule has 1 aromatic rings. The summed E-state index contributed by atoms with van der Waals surface area (Å²) in [6.07, 6.45) is -8.67. The second kappa shape index (κ2) is 5.68. The van der Waals surface area contributed by atoms with Crippen molar-refractivity contribution in [3.63, 3.8) is 0 Å². The molecule has 1 rings (SSSR count). The summed E-state index contributed by atoms with van der Waals surface area (Å²) in [4.78, 5) is 11.6. The normalized spacial score (nSPS) is 12.3. The minimum absolute atomic E-state index is 0.0405. The molecule has 0 aromatic heterocycles. The molecular weight excluding hydrogens is 286 g/mol. The zero-order valence-electron chi connectivity index (χ0n) is 10.1. The largest absolute Gasteiger partial charge is 0.417 e. The molecule has 0 N–H and O–H groups in total. The summed E-state index contributed by atoms with van der Waals surface area (Å²) in [5.74, 6) is -0.869. The maximum absolute atomic E-state index is 12.8. The fraction of sp³-hybridized carbons (Fsp3) is 0.308. The smallest absolute Gasteiger partial charge is 0.294 e. The molecule has 110 valence electrons. The van der Waals surface area contributed by atoms with Crippen molar-refractivity contribution in [2.24, 2.45) is 0 Å². The van der Waals surface area contributed by atoms with Crippen LogP contribution < -0.4 is 0 Å². The van der Waals surface area contributed by atoms with Gasteiger partial charge in [-0.15, -0.1) is 6.58 Å². The third-order valence-electron chi connectivity index (χ3n) is 2.53. The molecule has 1 aromatic carbocycles. The van der Waals surface area contributed by atoms with Gasteiger partial charge in [0.15, 0.2) is 5.78 Å². The van der Waals surface area contributed by atoms with Crippen LogP contribution >= 0.6 is 0 Å². The first kappa shape index (κ1) is 16.3. The fourth-order valence-electron chi connectivity index (χ4n) is 1.57. The Morgan fingerprint density at radius 3 is 2.15 bits per heavy atom. The Morgan fingerprint density at radius 2 is 1.70 bits per heavy atom. The standard InChI is InChI=1S/C13H10F6O/c1-2-3-4-11(20)9-6-5-8(12(14,15)16)7-10(9)13(17,18)19/h2,5-7H,1,3-4H2. The van der Waals surface area contributed by atoms with Gasteiger partial charge in [0.1, 0.15) is 0 Å². The van der Waals surface area contributed by atoms with Gasteiger partial charge in [0.2, 0.25) is 0 Å². The molecule has 0 fully saturated rings. The molecule has 0 aliphatic heterocycles. The van der Waals surface area contributed by atoms with Gasteiger partial charge in [-0.2, -0.15) is 26.3 Å². The Balaban J connectivity index is 3.31. The molecule has 0 unspecified atom stereocenters. The first-order valence-electron chi connectivity index (χ1n) is 5.50. The summed E-state index contributed by atoms with van der Waals surface area (Å²) in [5.41, 5.74) is -3.76. The Labute approximate surface area is 110 Å². The highest BCUT2D eigenvalue weighted by molar-refractivity contribution is 5.97. The number of carbonyl (C=O) groups is 1. The van der Waals surface area contributed by atoms with Crippen LogP contribution in [0.1, 0.15) is 34.3 Å². The molecule has 20 heavy (non-hydrogen) atoms. The van der Waals surface area contributed by atoms with Crippen LogP contribution in [0.15, 0.2) is 30.9 Å². The number of carbonyl (C=O) groups excluding carboxylic acids is 1. The summed E-state index contributed by atoms with van der Waals surface area (Å²) in [5, 5.41) is 0. The number of rotatable bonds is 4. The average molecular weight is 296 g/mol. The molecule has 0 spiro atoms. The quantitative estimate of drug-likeness (QED) is 0.440. The number of hydrogen-bond acceptors (Lipinski definition) is 1. The zero-order chi connectivity index (χ0) is 15.6. The summed E-state index contributed by atoms with van der Waals surface area (Å²) in [6, 6.07) is 0.995. The predicted octanol–water partition coefficient (Wildman–Crippen LogP) is 4.87. The Morgan fingerprint density at radius 1 is 1.10 bits per heavy atom. The van der Waals surface area contributed by atoms with Gasteiger partial charge in [-0.1, -0.05) is 12.1 Å². The topological polar surface area (TPSA) is 17.1 Å². The van der Waals surface area contributed by atoms with Crippen molar-refractivity contribution in [2.45, 2.75) is 25.2 Å². The lowest BCUT2D eigenvalue weighted by atomic mass is 9.97. The summed E-state index contributed by atoms with van der Waals surface area (Å²) in [6.45, 7) is 3.32. The Bertz CT molecular complexity index is 513. The summed E-state index contributed by atoms with van der Waals surface area (Å²) >= 11 is 0. The molecule has 0 aliphatic carbocycles. The van der Waals surface area contributed by atoms with Gasteiger partial charge in [0, 0.05) is 12.0 Å². The van der Waals surface area contributed by atoms with Crippen molar-refractivity contribution < 1.29 is 31.1 Å². The molecule has 0 bridgehead atoms. The molecule has 0 aliphatic rings. The summed E-state index contributed by atoms with van der Waals surface area (Å²) in [7, 11) is 0. The first-order chi connectivity index (χ1) is 9.07. The van der Waals surface area contributed by atoms with E-state index in [0.29, 0.717) is 12.1 Å². The minimum atomic E-state index is -5.03. The number of halogens is 6. The third-order valence-corrected chi connectivity index (χ3v) is 2.53. The van der Waals surface area contributed by atoms with Gasteiger partial charge in [0.25, 0.3) is 0 Å². The van der Waals surface area contributed by atoms with Crippen molar-refractivity contribution >= 4 is 5.78 Å². The predicted molar refractivity (Wildman–Crippen MR) is 60.2 cm³/mol. The molecule has 1 nitrogen and oxygen atoms in total. The highest BCUT2D eigenvalue weighted by Crippen LogP contribution is 2.37. The van der Waals surface area contributed by atoms with E-state index in [-0.39, 0.29) is 18.9 Å². The molecule has 0 heterocycles. The van der Waals surface area contributed by atoms with Gasteiger partial charge >= 0.3 is 12.4 Å². The molecular formula is C13H10F6O. The van der Waals surface area contributed by atoms with Gasteiger partial charge in [-0.3, -0.25) is 4.79 Å². The van der Waals surface area contributed by atoms with Crippen LogP contribution in [0.2, 0.25) is 0 Å². The second-order valence-electron chi connectivity index (χ2n) is 4.01.